The summed E-state index contributed by atoms with van der Waals surface area (Å²) in [6.07, 6.45) is 2.52. The Balaban J connectivity index is 1.32. The molecule has 9 heteroatoms. The van der Waals surface area contributed by atoms with Gasteiger partial charge in [0.25, 0.3) is 0 Å². The molecule has 0 spiro atoms. The Hall–Kier alpha value is -4.01. The first-order valence-electron chi connectivity index (χ1n) is 12.4. The van der Waals surface area contributed by atoms with Crippen LogP contribution in [0.5, 0.6) is 23.1 Å². The minimum atomic E-state index is -0.513. The first-order chi connectivity index (χ1) is 17.7. The molecule has 5 rings (SSSR count). The zero-order valence-corrected chi connectivity index (χ0v) is 21.8. The summed E-state index contributed by atoms with van der Waals surface area (Å²) in [5, 5.41) is 1.84. The van der Waals surface area contributed by atoms with Crippen LogP contribution >= 0.6 is 0 Å². The van der Waals surface area contributed by atoms with Crippen molar-refractivity contribution in [2.45, 2.75) is 52.2 Å². The van der Waals surface area contributed by atoms with Crippen LogP contribution < -0.4 is 14.2 Å². The number of likely N-dealkylation sites (tertiary alicyclic amines) is 1. The van der Waals surface area contributed by atoms with Gasteiger partial charge in [0, 0.05) is 49.3 Å². The molecular formula is C28H32N4O5. The van der Waals surface area contributed by atoms with Crippen molar-refractivity contribution in [1.29, 1.82) is 0 Å². The maximum Gasteiger partial charge on any atom is 0.410 e. The van der Waals surface area contributed by atoms with Gasteiger partial charge in [0.2, 0.25) is 5.88 Å². The molecule has 9 nitrogen and oxygen atoms in total. The standard InChI is InChI=1S/C28H32N4O5/c1-17-12-18-6-7-20(13-22(18)31-17)36-26-21-14-24(34-5)25(15-23(21)29-16-30-26)35-19-8-10-32(11-9-19)27(33)37-28(2,3)4/h6-7,12-16,19,31H,8-11H2,1-5H3. The summed E-state index contributed by atoms with van der Waals surface area (Å²) in [4.78, 5) is 26.2. The first kappa shape index (κ1) is 24.7. The van der Waals surface area contributed by atoms with Gasteiger partial charge >= 0.3 is 6.09 Å². The summed E-state index contributed by atoms with van der Waals surface area (Å²) >= 11 is 0. The van der Waals surface area contributed by atoms with Crippen LogP contribution in [0.15, 0.2) is 42.7 Å². The molecule has 1 aliphatic rings. The minimum Gasteiger partial charge on any atom is -0.493 e. The lowest BCUT2D eigenvalue weighted by Gasteiger charge is -2.33. The van der Waals surface area contributed by atoms with Gasteiger partial charge in [-0.05, 0) is 57.3 Å². The van der Waals surface area contributed by atoms with E-state index in [1.54, 1.807) is 12.0 Å². The van der Waals surface area contributed by atoms with Gasteiger partial charge in [-0.1, -0.05) is 0 Å². The second-order valence-electron chi connectivity index (χ2n) is 10.3. The number of nitrogens with one attached hydrogen (secondary N) is 1. The molecule has 0 aliphatic carbocycles. The van der Waals surface area contributed by atoms with E-state index >= 15 is 0 Å². The lowest BCUT2D eigenvalue weighted by molar-refractivity contribution is 0.0124. The molecule has 37 heavy (non-hydrogen) atoms. The number of methoxy groups -OCH3 is 1. The zero-order chi connectivity index (χ0) is 26.2. The molecule has 1 aliphatic heterocycles. The highest BCUT2D eigenvalue weighted by Gasteiger charge is 2.28. The maximum atomic E-state index is 12.4. The van der Waals surface area contributed by atoms with E-state index in [1.807, 2.05) is 58.0 Å². The van der Waals surface area contributed by atoms with Gasteiger partial charge < -0.3 is 28.8 Å². The molecule has 1 amide bonds. The van der Waals surface area contributed by atoms with Crippen LogP contribution in [0.2, 0.25) is 0 Å². The third-order valence-corrected chi connectivity index (χ3v) is 6.21. The average Bonchev–Trinajstić information content (AvgIpc) is 3.22. The maximum absolute atomic E-state index is 12.4. The predicted octanol–water partition coefficient (Wildman–Crippen LogP) is 6.00. The number of ether oxygens (including phenoxy) is 4. The molecule has 0 atom stereocenters. The van der Waals surface area contributed by atoms with E-state index < -0.39 is 5.60 Å². The van der Waals surface area contributed by atoms with Gasteiger partial charge in [-0.25, -0.2) is 14.8 Å². The van der Waals surface area contributed by atoms with E-state index in [9.17, 15) is 4.79 Å². The number of carbonyl (C=O) groups excluding carboxylic acids is 1. The van der Waals surface area contributed by atoms with Crippen LogP contribution in [0, 0.1) is 6.92 Å². The molecule has 2 aromatic carbocycles. The molecule has 1 N–H and O–H groups in total. The number of carbonyl (C=O) groups is 1. The number of hydrogen-bond donors (Lipinski definition) is 1. The highest BCUT2D eigenvalue weighted by Crippen LogP contribution is 2.37. The Labute approximate surface area is 215 Å². The number of aromatic amines is 1. The molecule has 0 unspecified atom stereocenters. The fourth-order valence-electron chi connectivity index (χ4n) is 4.46. The molecular weight excluding hydrogens is 472 g/mol. The number of rotatable bonds is 5. The van der Waals surface area contributed by atoms with Crippen LogP contribution in [0.25, 0.3) is 21.8 Å². The smallest absolute Gasteiger partial charge is 0.410 e. The SMILES string of the molecule is COc1cc2c(Oc3ccc4cc(C)[nH]c4c3)ncnc2cc1OC1CCN(C(=O)OC(C)(C)C)CC1. The number of fused-ring (bicyclic) bond motifs is 2. The lowest BCUT2D eigenvalue weighted by atomic mass is 10.1. The van der Waals surface area contributed by atoms with Gasteiger partial charge in [-0.15, -0.1) is 0 Å². The summed E-state index contributed by atoms with van der Waals surface area (Å²) in [7, 11) is 1.60. The van der Waals surface area contributed by atoms with Crippen molar-refractivity contribution in [2.24, 2.45) is 0 Å². The van der Waals surface area contributed by atoms with Crippen LogP contribution in [-0.2, 0) is 4.74 Å². The van der Waals surface area contributed by atoms with Gasteiger partial charge in [0.05, 0.1) is 18.0 Å². The average molecular weight is 505 g/mol. The summed E-state index contributed by atoms with van der Waals surface area (Å²) < 4.78 is 23.6. The van der Waals surface area contributed by atoms with Gasteiger partial charge in [-0.3, -0.25) is 0 Å². The molecule has 4 aromatic rings. The lowest BCUT2D eigenvalue weighted by Crippen LogP contribution is -2.44. The number of amides is 1. The van der Waals surface area contributed by atoms with E-state index in [-0.39, 0.29) is 12.2 Å². The number of aryl methyl sites for hydroxylation is 1. The van der Waals surface area contributed by atoms with Gasteiger partial charge in [-0.2, -0.15) is 0 Å². The first-order valence-corrected chi connectivity index (χ1v) is 12.4. The summed E-state index contributed by atoms with van der Waals surface area (Å²) in [5.41, 5.74) is 2.26. The predicted molar refractivity (Wildman–Crippen MR) is 141 cm³/mol. The summed E-state index contributed by atoms with van der Waals surface area (Å²) in [6, 6.07) is 11.7. The van der Waals surface area contributed by atoms with Crippen molar-refractivity contribution < 1.29 is 23.7 Å². The van der Waals surface area contributed by atoms with Crippen molar-refractivity contribution in [3.63, 3.8) is 0 Å². The highest BCUT2D eigenvalue weighted by molar-refractivity contribution is 5.87. The van der Waals surface area contributed by atoms with E-state index in [4.69, 9.17) is 18.9 Å². The fraction of sp³-hybridized carbons (Fsp3) is 0.393. The molecule has 0 bridgehead atoms. The molecule has 0 saturated carbocycles. The van der Waals surface area contributed by atoms with Crippen molar-refractivity contribution in [2.75, 3.05) is 20.2 Å². The second-order valence-corrected chi connectivity index (χ2v) is 10.3. The fourth-order valence-corrected chi connectivity index (χ4v) is 4.46. The molecule has 0 radical (unpaired) electrons. The van der Waals surface area contributed by atoms with Crippen molar-refractivity contribution in [3.8, 4) is 23.1 Å². The normalized spacial score (nSPS) is 14.7. The highest BCUT2D eigenvalue weighted by atomic mass is 16.6. The number of H-pyrrole nitrogens is 1. The van der Waals surface area contributed by atoms with Crippen LogP contribution in [0.4, 0.5) is 4.79 Å². The Kier molecular flexibility index (Phi) is 6.54. The number of nitrogens with zero attached hydrogens (tertiary/aromatic N) is 3. The quantitative estimate of drug-likeness (QED) is 0.356. The number of benzene rings is 2. The number of piperidine rings is 1. The van der Waals surface area contributed by atoms with Crippen LogP contribution in [0.1, 0.15) is 39.3 Å². The van der Waals surface area contributed by atoms with Crippen LogP contribution in [0.3, 0.4) is 0 Å². The number of hydrogen-bond acceptors (Lipinski definition) is 7. The summed E-state index contributed by atoms with van der Waals surface area (Å²) in [6.45, 7) is 8.77. The second kappa shape index (κ2) is 9.80. The Morgan fingerprint density at radius 2 is 1.84 bits per heavy atom. The van der Waals surface area contributed by atoms with E-state index in [1.165, 1.54) is 6.33 Å². The van der Waals surface area contributed by atoms with E-state index in [0.717, 1.165) is 16.6 Å². The van der Waals surface area contributed by atoms with Crippen molar-refractivity contribution >= 4 is 27.9 Å². The van der Waals surface area contributed by atoms with E-state index in [2.05, 4.69) is 21.0 Å². The topological polar surface area (TPSA) is 98.8 Å². The Bertz CT molecular complexity index is 1430. The molecule has 194 valence electrons. The monoisotopic (exact) mass is 504 g/mol. The minimum absolute atomic E-state index is 0.0569. The Morgan fingerprint density at radius 1 is 1.05 bits per heavy atom. The van der Waals surface area contributed by atoms with Gasteiger partial charge in [0.15, 0.2) is 11.5 Å². The third kappa shape index (κ3) is 5.55. The number of aromatic nitrogens is 3. The molecule has 2 aromatic heterocycles. The van der Waals surface area contributed by atoms with Crippen LogP contribution in [-0.4, -0.2) is 57.8 Å². The van der Waals surface area contributed by atoms with Crippen molar-refractivity contribution in [3.05, 3.63) is 48.4 Å². The van der Waals surface area contributed by atoms with Gasteiger partial charge in [0.1, 0.15) is 23.8 Å². The zero-order valence-electron chi connectivity index (χ0n) is 21.8. The molecule has 1 fully saturated rings. The third-order valence-electron chi connectivity index (χ3n) is 6.21. The molecule has 3 heterocycles. The largest absolute Gasteiger partial charge is 0.493 e. The van der Waals surface area contributed by atoms with Crippen molar-refractivity contribution in [1.82, 2.24) is 19.9 Å². The summed E-state index contributed by atoms with van der Waals surface area (Å²) in [5.74, 6) is 2.27. The van der Waals surface area contributed by atoms with E-state index in [0.29, 0.717) is 60.0 Å². The molecule has 1 saturated heterocycles. The Morgan fingerprint density at radius 3 is 2.57 bits per heavy atom.